The van der Waals surface area contributed by atoms with Crippen LogP contribution in [0.15, 0.2) is 17.2 Å². The number of hydrazone groups is 1. The van der Waals surface area contributed by atoms with Crippen LogP contribution < -0.4 is 5.43 Å². The van der Waals surface area contributed by atoms with Crippen molar-refractivity contribution in [1.82, 2.24) is 5.43 Å². The molecule has 3 nitrogen and oxygen atoms in total. The number of halogens is 2. The monoisotopic (exact) mass is 284 g/mol. The molecule has 2 rings (SSSR count). The zero-order valence-electron chi connectivity index (χ0n) is 10.1. The van der Waals surface area contributed by atoms with E-state index >= 15 is 0 Å². The highest BCUT2D eigenvalue weighted by Crippen LogP contribution is 2.29. The number of amides is 1. The molecule has 0 saturated carbocycles. The van der Waals surface area contributed by atoms with E-state index < -0.39 is 0 Å². The van der Waals surface area contributed by atoms with Crippen molar-refractivity contribution >= 4 is 34.8 Å². The predicted molar refractivity (Wildman–Crippen MR) is 74.4 cm³/mol. The molecule has 0 radical (unpaired) electrons. The predicted octanol–water partition coefficient (Wildman–Crippen LogP) is 3.56. The molecule has 0 atom stereocenters. The molecule has 1 aromatic carbocycles. The molecule has 0 saturated heterocycles. The minimum absolute atomic E-state index is 0.0569. The maximum Gasteiger partial charge on any atom is 0.240 e. The average Bonchev–Trinajstić information content (AvgIpc) is 2.34. The summed E-state index contributed by atoms with van der Waals surface area (Å²) in [6, 6.07) is 3.74. The first-order valence-corrected chi connectivity index (χ1v) is 6.71. The van der Waals surface area contributed by atoms with E-state index in [0.717, 1.165) is 29.7 Å². The molecule has 0 spiro atoms. The summed E-state index contributed by atoms with van der Waals surface area (Å²) in [5, 5.41) is 5.37. The molecule has 5 heteroatoms. The van der Waals surface area contributed by atoms with Gasteiger partial charge in [-0.1, -0.05) is 36.5 Å². The van der Waals surface area contributed by atoms with Gasteiger partial charge in [-0.15, -0.1) is 0 Å². The minimum atomic E-state index is -0.0569. The van der Waals surface area contributed by atoms with Crippen LogP contribution in [0.3, 0.4) is 0 Å². The summed E-state index contributed by atoms with van der Waals surface area (Å²) in [7, 11) is 0. The van der Waals surface area contributed by atoms with Crippen LogP contribution in [0, 0.1) is 0 Å². The molecular weight excluding hydrogens is 271 g/mol. The molecule has 1 amide bonds. The highest BCUT2D eigenvalue weighted by Gasteiger charge is 2.16. The van der Waals surface area contributed by atoms with Crippen molar-refractivity contribution in [1.29, 1.82) is 0 Å². The Kier molecular flexibility index (Phi) is 4.25. The van der Waals surface area contributed by atoms with Crippen molar-refractivity contribution in [2.24, 2.45) is 5.10 Å². The molecule has 1 aliphatic heterocycles. The Hall–Kier alpha value is -1.06. The van der Waals surface area contributed by atoms with Crippen molar-refractivity contribution in [2.45, 2.75) is 32.6 Å². The highest BCUT2D eigenvalue weighted by atomic mass is 35.5. The van der Waals surface area contributed by atoms with Crippen LogP contribution >= 0.6 is 23.2 Å². The molecule has 0 unspecified atom stereocenters. The number of nitrogens with one attached hydrogen (secondary N) is 1. The molecule has 0 aliphatic carbocycles. The topological polar surface area (TPSA) is 41.5 Å². The van der Waals surface area contributed by atoms with Crippen LogP contribution in [0.5, 0.6) is 0 Å². The third-order valence-electron chi connectivity index (χ3n) is 2.88. The van der Waals surface area contributed by atoms with Crippen molar-refractivity contribution in [3.8, 4) is 0 Å². The van der Waals surface area contributed by atoms with Gasteiger partial charge in [0.25, 0.3) is 0 Å². The Bertz CT molecular complexity index is 489. The van der Waals surface area contributed by atoms with Gasteiger partial charge in [0.05, 0.1) is 5.71 Å². The molecule has 0 aromatic heterocycles. The Morgan fingerprint density at radius 2 is 1.94 bits per heavy atom. The van der Waals surface area contributed by atoms with E-state index in [1.165, 1.54) is 0 Å². The number of carbonyl (C=O) groups is 1. The fraction of sp³-hybridized carbons (Fsp3) is 0.385. The van der Waals surface area contributed by atoms with Gasteiger partial charge in [0, 0.05) is 28.5 Å². The van der Waals surface area contributed by atoms with Gasteiger partial charge in [-0.2, -0.15) is 5.10 Å². The smallest absolute Gasteiger partial charge is 0.240 e. The second-order valence-corrected chi connectivity index (χ2v) is 5.08. The maximum atomic E-state index is 11.0. The van der Waals surface area contributed by atoms with Crippen LogP contribution in [0.1, 0.15) is 37.3 Å². The third-order valence-corrected chi connectivity index (χ3v) is 3.55. The average molecular weight is 285 g/mol. The quantitative estimate of drug-likeness (QED) is 0.906. The standard InChI is InChI=1S/C13H14Cl2N2O/c1-2-3-9-10(14)6-8(7-11(9)15)12-4-5-13(18)17-16-12/h6-7H,2-5H2,1H3,(H,17,18). The van der Waals surface area contributed by atoms with Crippen molar-refractivity contribution < 1.29 is 4.79 Å². The first kappa shape index (κ1) is 13.4. The number of nitrogens with zero attached hydrogens (tertiary/aromatic N) is 1. The summed E-state index contributed by atoms with van der Waals surface area (Å²) in [6.07, 6.45) is 2.92. The van der Waals surface area contributed by atoms with Crippen molar-refractivity contribution in [3.05, 3.63) is 33.3 Å². The Labute approximate surface area is 116 Å². The molecule has 1 aromatic rings. The van der Waals surface area contributed by atoms with Crippen LogP contribution in [0.25, 0.3) is 0 Å². The molecular formula is C13H14Cl2N2O. The largest absolute Gasteiger partial charge is 0.273 e. The number of hydrogen-bond donors (Lipinski definition) is 1. The highest BCUT2D eigenvalue weighted by molar-refractivity contribution is 6.36. The SMILES string of the molecule is CCCc1c(Cl)cc(C2=NNC(=O)CC2)cc1Cl. The van der Waals surface area contributed by atoms with Crippen LogP contribution in [0.4, 0.5) is 0 Å². The first-order chi connectivity index (χ1) is 8.61. The van der Waals surface area contributed by atoms with Crippen LogP contribution in [-0.4, -0.2) is 11.6 Å². The van der Waals surface area contributed by atoms with Crippen molar-refractivity contribution in [3.63, 3.8) is 0 Å². The lowest BCUT2D eigenvalue weighted by Crippen LogP contribution is -2.25. The third kappa shape index (κ3) is 2.85. The van der Waals surface area contributed by atoms with Crippen LogP contribution in [0.2, 0.25) is 10.0 Å². The molecule has 0 fully saturated rings. The van der Waals surface area contributed by atoms with E-state index in [1.807, 2.05) is 12.1 Å². The van der Waals surface area contributed by atoms with E-state index in [2.05, 4.69) is 17.5 Å². The van der Waals surface area contributed by atoms with E-state index in [0.29, 0.717) is 22.9 Å². The number of carbonyl (C=O) groups excluding carboxylic acids is 1. The van der Waals surface area contributed by atoms with E-state index in [4.69, 9.17) is 23.2 Å². The zero-order valence-corrected chi connectivity index (χ0v) is 11.6. The fourth-order valence-electron chi connectivity index (χ4n) is 1.94. The molecule has 18 heavy (non-hydrogen) atoms. The van der Waals surface area contributed by atoms with Gasteiger partial charge in [-0.05, 0) is 24.1 Å². The van der Waals surface area contributed by atoms with E-state index in [9.17, 15) is 4.79 Å². The van der Waals surface area contributed by atoms with Gasteiger partial charge in [0.15, 0.2) is 0 Å². The van der Waals surface area contributed by atoms with Gasteiger partial charge in [0.1, 0.15) is 0 Å². The molecule has 0 bridgehead atoms. The van der Waals surface area contributed by atoms with Gasteiger partial charge in [-0.3, -0.25) is 4.79 Å². The summed E-state index contributed by atoms with van der Waals surface area (Å²) in [5.41, 5.74) is 5.15. The first-order valence-electron chi connectivity index (χ1n) is 5.95. The van der Waals surface area contributed by atoms with Gasteiger partial charge >= 0.3 is 0 Å². The van der Waals surface area contributed by atoms with Gasteiger partial charge < -0.3 is 0 Å². The summed E-state index contributed by atoms with van der Waals surface area (Å²) >= 11 is 12.5. The van der Waals surface area contributed by atoms with E-state index in [1.54, 1.807) is 0 Å². The summed E-state index contributed by atoms with van der Waals surface area (Å²) in [4.78, 5) is 11.0. The lowest BCUT2D eigenvalue weighted by Gasteiger charge is -2.14. The Morgan fingerprint density at radius 3 is 2.44 bits per heavy atom. The maximum absolute atomic E-state index is 11.0. The molecule has 1 N–H and O–H groups in total. The number of rotatable bonds is 3. The second kappa shape index (κ2) is 5.72. The minimum Gasteiger partial charge on any atom is -0.273 e. The summed E-state index contributed by atoms with van der Waals surface area (Å²) in [6.45, 7) is 2.08. The number of hydrogen-bond acceptors (Lipinski definition) is 2. The Balaban J connectivity index is 2.33. The molecule has 1 heterocycles. The number of benzene rings is 1. The lowest BCUT2D eigenvalue weighted by molar-refractivity contribution is -0.121. The zero-order chi connectivity index (χ0) is 13.1. The second-order valence-electron chi connectivity index (χ2n) is 4.26. The van der Waals surface area contributed by atoms with Crippen LogP contribution in [-0.2, 0) is 11.2 Å². The summed E-state index contributed by atoms with van der Waals surface area (Å²) < 4.78 is 0. The normalized spacial score (nSPS) is 15.3. The molecule has 96 valence electrons. The van der Waals surface area contributed by atoms with Gasteiger partial charge in [-0.25, -0.2) is 5.43 Å². The van der Waals surface area contributed by atoms with E-state index in [-0.39, 0.29) is 5.91 Å². The molecule has 1 aliphatic rings. The fourth-order valence-corrected chi connectivity index (χ4v) is 2.62. The van der Waals surface area contributed by atoms with Gasteiger partial charge in [0.2, 0.25) is 5.91 Å². The Morgan fingerprint density at radius 1 is 1.28 bits per heavy atom. The lowest BCUT2D eigenvalue weighted by atomic mass is 10.0. The van der Waals surface area contributed by atoms with Crippen molar-refractivity contribution in [2.75, 3.05) is 0 Å². The summed E-state index contributed by atoms with van der Waals surface area (Å²) in [5.74, 6) is -0.0569.